The molecule has 0 saturated carbocycles. The summed E-state index contributed by atoms with van der Waals surface area (Å²) in [7, 11) is 4.72. The molecule has 6 nitrogen and oxygen atoms in total. The Hall–Kier alpha value is -1.95. The lowest BCUT2D eigenvalue weighted by molar-refractivity contribution is -0.120. The van der Waals surface area contributed by atoms with Crippen molar-refractivity contribution in [1.29, 1.82) is 0 Å². The van der Waals surface area contributed by atoms with E-state index in [1.54, 1.807) is 21.3 Å². The molecule has 0 fully saturated rings. The van der Waals surface area contributed by atoms with Crippen LogP contribution in [0.15, 0.2) is 12.1 Å². The quantitative estimate of drug-likeness (QED) is 0.761. The van der Waals surface area contributed by atoms with Crippen molar-refractivity contribution in [2.75, 3.05) is 34.4 Å². The molecule has 0 aliphatic heterocycles. The second-order valence-electron chi connectivity index (χ2n) is 4.51. The first-order valence-corrected chi connectivity index (χ1v) is 6.87. The number of hydrogen-bond acceptors (Lipinski definition) is 5. The predicted molar refractivity (Wildman–Crippen MR) is 81.2 cm³/mol. The minimum absolute atomic E-state index is 0.0266. The van der Waals surface area contributed by atoms with Gasteiger partial charge in [-0.05, 0) is 31.5 Å². The van der Waals surface area contributed by atoms with Crippen molar-refractivity contribution in [3.8, 4) is 17.2 Å². The zero-order valence-corrected chi connectivity index (χ0v) is 13.3. The van der Waals surface area contributed by atoms with Gasteiger partial charge < -0.3 is 24.8 Å². The maximum absolute atomic E-state index is 11.5. The van der Waals surface area contributed by atoms with Crippen LogP contribution in [0.3, 0.4) is 0 Å². The molecule has 0 aliphatic rings. The van der Waals surface area contributed by atoms with E-state index in [9.17, 15) is 4.79 Å². The third kappa shape index (κ3) is 4.53. The summed E-state index contributed by atoms with van der Waals surface area (Å²) in [5.74, 6) is 1.72. The summed E-state index contributed by atoms with van der Waals surface area (Å²) < 4.78 is 15.9. The highest BCUT2D eigenvalue weighted by Gasteiger charge is 2.16. The van der Waals surface area contributed by atoms with Gasteiger partial charge in [0.05, 0.1) is 27.9 Å². The lowest BCUT2D eigenvalue weighted by atomic mass is 10.1. The monoisotopic (exact) mass is 296 g/mol. The average molecular weight is 296 g/mol. The molecule has 1 aromatic carbocycles. The first-order chi connectivity index (χ1) is 10.1. The van der Waals surface area contributed by atoms with E-state index in [4.69, 9.17) is 14.2 Å². The van der Waals surface area contributed by atoms with Gasteiger partial charge in [0.15, 0.2) is 11.5 Å². The standard InChI is InChI=1S/C15H24N2O4/c1-6-16-14(18)9-17-10(2)11-7-12(19-3)15(21-5)13(8-11)20-4/h7-8,10,17H,6,9H2,1-5H3,(H,16,18). The van der Waals surface area contributed by atoms with Crippen LogP contribution in [0.4, 0.5) is 0 Å². The van der Waals surface area contributed by atoms with Crippen molar-refractivity contribution in [3.05, 3.63) is 17.7 Å². The van der Waals surface area contributed by atoms with E-state index < -0.39 is 0 Å². The zero-order valence-electron chi connectivity index (χ0n) is 13.3. The Morgan fingerprint density at radius 2 is 1.71 bits per heavy atom. The molecule has 1 amide bonds. The van der Waals surface area contributed by atoms with Crippen molar-refractivity contribution in [1.82, 2.24) is 10.6 Å². The van der Waals surface area contributed by atoms with Gasteiger partial charge >= 0.3 is 0 Å². The lowest BCUT2D eigenvalue weighted by Gasteiger charge is -2.18. The summed E-state index contributed by atoms with van der Waals surface area (Å²) in [6, 6.07) is 3.72. The fraction of sp³-hybridized carbons (Fsp3) is 0.533. The van der Waals surface area contributed by atoms with Gasteiger partial charge in [0.2, 0.25) is 11.7 Å². The molecule has 2 N–H and O–H groups in total. The number of hydrogen-bond donors (Lipinski definition) is 2. The Balaban J connectivity index is 2.89. The van der Waals surface area contributed by atoms with Crippen LogP contribution in [0.2, 0.25) is 0 Å². The molecule has 1 rings (SSSR count). The molecule has 0 saturated heterocycles. The van der Waals surface area contributed by atoms with Crippen LogP contribution in [0, 0.1) is 0 Å². The van der Waals surface area contributed by atoms with Crippen molar-refractivity contribution < 1.29 is 19.0 Å². The highest BCUT2D eigenvalue weighted by molar-refractivity contribution is 5.77. The number of benzene rings is 1. The Labute approximate surface area is 125 Å². The highest BCUT2D eigenvalue weighted by Crippen LogP contribution is 2.39. The maximum Gasteiger partial charge on any atom is 0.233 e. The van der Waals surface area contributed by atoms with E-state index in [1.165, 1.54) is 0 Å². The minimum Gasteiger partial charge on any atom is -0.493 e. The number of nitrogens with one attached hydrogen (secondary N) is 2. The van der Waals surface area contributed by atoms with Gasteiger partial charge in [-0.2, -0.15) is 0 Å². The molecule has 0 bridgehead atoms. The maximum atomic E-state index is 11.5. The third-order valence-electron chi connectivity index (χ3n) is 3.13. The van der Waals surface area contributed by atoms with Crippen molar-refractivity contribution in [3.63, 3.8) is 0 Å². The van der Waals surface area contributed by atoms with Gasteiger partial charge in [-0.1, -0.05) is 0 Å². The molecule has 6 heteroatoms. The summed E-state index contributed by atoms with van der Waals surface area (Å²) in [5, 5.41) is 5.90. The number of carbonyl (C=O) groups excluding carboxylic acids is 1. The largest absolute Gasteiger partial charge is 0.493 e. The van der Waals surface area contributed by atoms with Gasteiger partial charge in [0.25, 0.3) is 0 Å². The molecular weight excluding hydrogens is 272 g/mol. The summed E-state index contributed by atoms with van der Waals surface area (Å²) in [6.07, 6.45) is 0. The molecule has 1 aromatic rings. The summed E-state index contributed by atoms with van der Waals surface area (Å²) >= 11 is 0. The Kier molecular flexibility index (Phi) is 6.81. The lowest BCUT2D eigenvalue weighted by Crippen LogP contribution is -2.34. The van der Waals surface area contributed by atoms with E-state index in [1.807, 2.05) is 26.0 Å². The first kappa shape index (κ1) is 17.1. The van der Waals surface area contributed by atoms with E-state index in [0.29, 0.717) is 23.8 Å². The molecule has 21 heavy (non-hydrogen) atoms. The number of rotatable bonds is 8. The van der Waals surface area contributed by atoms with Crippen LogP contribution in [0.25, 0.3) is 0 Å². The van der Waals surface area contributed by atoms with E-state index in [0.717, 1.165) is 5.56 Å². The minimum atomic E-state index is -0.0307. The topological polar surface area (TPSA) is 68.8 Å². The molecule has 0 aliphatic carbocycles. The zero-order chi connectivity index (χ0) is 15.8. The van der Waals surface area contributed by atoms with Crippen LogP contribution in [0.1, 0.15) is 25.5 Å². The second kappa shape index (κ2) is 8.36. The number of amides is 1. The van der Waals surface area contributed by atoms with Crippen LogP contribution < -0.4 is 24.8 Å². The van der Waals surface area contributed by atoms with Crippen LogP contribution in [-0.2, 0) is 4.79 Å². The smallest absolute Gasteiger partial charge is 0.233 e. The Bertz CT molecular complexity index is 452. The van der Waals surface area contributed by atoms with Crippen LogP contribution >= 0.6 is 0 Å². The SMILES string of the molecule is CCNC(=O)CNC(C)c1cc(OC)c(OC)c(OC)c1. The number of methoxy groups -OCH3 is 3. The van der Waals surface area contributed by atoms with Gasteiger partial charge in [0.1, 0.15) is 0 Å². The van der Waals surface area contributed by atoms with E-state index in [2.05, 4.69) is 10.6 Å². The normalized spacial score (nSPS) is 11.7. The van der Waals surface area contributed by atoms with Crippen molar-refractivity contribution >= 4 is 5.91 Å². The average Bonchev–Trinajstić information content (AvgIpc) is 2.51. The van der Waals surface area contributed by atoms with Gasteiger partial charge in [0, 0.05) is 12.6 Å². The molecule has 0 spiro atoms. The predicted octanol–water partition coefficient (Wildman–Crippen LogP) is 1.50. The number of carbonyl (C=O) groups is 1. The summed E-state index contributed by atoms with van der Waals surface area (Å²) in [5.41, 5.74) is 0.953. The van der Waals surface area contributed by atoms with Crippen LogP contribution in [-0.4, -0.2) is 40.3 Å². The van der Waals surface area contributed by atoms with Crippen molar-refractivity contribution in [2.45, 2.75) is 19.9 Å². The fourth-order valence-corrected chi connectivity index (χ4v) is 1.97. The van der Waals surface area contributed by atoms with Gasteiger partial charge in [-0.25, -0.2) is 0 Å². The Morgan fingerprint density at radius 1 is 1.14 bits per heavy atom. The molecular formula is C15H24N2O4. The fourth-order valence-electron chi connectivity index (χ4n) is 1.97. The summed E-state index contributed by atoms with van der Waals surface area (Å²) in [4.78, 5) is 11.5. The van der Waals surface area contributed by atoms with Crippen LogP contribution in [0.5, 0.6) is 17.2 Å². The highest BCUT2D eigenvalue weighted by atomic mass is 16.5. The van der Waals surface area contributed by atoms with E-state index >= 15 is 0 Å². The van der Waals surface area contributed by atoms with Crippen molar-refractivity contribution in [2.24, 2.45) is 0 Å². The van der Waals surface area contributed by atoms with E-state index in [-0.39, 0.29) is 18.5 Å². The number of ether oxygens (including phenoxy) is 3. The molecule has 118 valence electrons. The third-order valence-corrected chi connectivity index (χ3v) is 3.13. The molecule has 1 unspecified atom stereocenters. The molecule has 0 heterocycles. The first-order valence-electron chi connectivity index (χ1n) is 6.87. The number of likely N-dealkylation sites (N-methyl/N-ethyl adjacent to an activating group) is 1. The molecule has 1 atom stereocenters. The van der Waals surface area contributed by atoms with Gasteiger partial charge in [-0.15, -0.1) is 0 Å². The van der Waals surface area contributed by atoms with Gasteiger partial charge in [-0.3, -0.25) is 4.79 Å². The molecule has 0 aromatic heterocycles. The molecule has 0 radical (unpaired) electrons. The second-order valence-corrected chi connectivity index (χ2v) is 4.51. The summed E-state index contributed by atoms with van der Waals surface area (Å²) in [6.45, 7) is 4.74. The Morgan fingerprint density at radius 3 is 2.14 bits per heavy atom.